The molecule has 2 heterocycles. The Morgan fingerprint density at radius 3 is 2.28 bits per heavy atom. The number of benzene rings is 2. The molecule has 1 saturated heterocycles. The van der Waals surface area contributed by atoms with E-state index < -0.39 is 10.0 Å². The van der Waals surface area contributed by atoms with Crippen molar-refractivity contribution in [2.45, 2.75) is 30.6 Å². The molecule has 1 fully saturated rings. The fraction of sp³-hybridized carbons (Fsp3) is 0.364. The van der Waals surface area contributed by atoms with E-state index in [9.17, 15) is 13.2 Å². The van der Waals surface area contributed by atoms with E-state index in [1.54, 1.807) is 35.2 Å². The lowest BCUT2D eigenvalue weighted by molar-refractivity contribution is 0.0698. The number of piperazine rings is 1. The second-order valence-electron chi connectivity index (χ2n) is 8.14. The molecule has 10 heteroatoms. The lowest BCUT2D eigenvalue weighted by Crippen LogP contribution is -2.50. The molecule has 0 N–H and O–H groups in total. The summed E-state index contributed by atoms with van der Waals surface area (Å²) in [6.07, 6.45) is 5.71. The van der Waals surface area contributed by atoms with Crippen LogP contribution >= 0.6 is 0 Å². The zero-order chi connectivity index (χ0) is 22.1. The summed E-state index contributed by atoms with van der Waals surface area (Å²) >= 11 is 0. The average molecular weight is 453 g/mol. The van der Waals surface area contributed by atoms with E-state index in [0.717, 1.165) is 36.9 Å². The first-order valence-corrected chi connectivity index (χ1v) is 12.2. The number of carbonyl (C=O) groups excluding carboxylic acids is 1. The molecule has 1 amide bonds. The Morgan fingerprint density at radius 2 is 1.59 bits per heavy atom. The highest BCUT2D eigenvalue weighted by Gasteiger charge is 2.31. The third kappa shape index (κ3) is 3.91. The van der Waals surface area contributed by atoms with E-state index in [2.05, 4.69) is 15.5 Å². The van der Waals surface area contributed by atoms with Crippen LogP contribution in [-0.4, -0.2) is 69.9 Å². The first kappa shape index (κ1) is 20.8. The van der Waals surface area contributed by atoms with Crippen LogP contribution in [0.2, 0.25) is 0 Å². The SMILES string of the molecule is O=C(c1ccc(-n2cnnn2)cc1)N1CCN(S(=O)(=O)c2ccc3c(c2)CCCC3)CC1. The molecule has 1 aliphatic heterocycles. The molecule has 1 aliphatic carbocycles. The zero-order valence-electron chi connectivity index (χ0n) is 17.6. The quantitative estimate of drug-likeness (QED) is 0.597. The van der Waals surface area contributed by atoms with Crippen LogP contribution in [0.15, 0.2) is 53.7 Å². The van der Waals surface area contributed by atoms with Crippen molar-refractivity contribution in [2.75, 3.05) is 26.2 Å². The largest absolute Gasteiger partial charge is 0.336 e. The van der Waals surface area contributed by atoms with E-state index in [0.29, 0.717) is 23.5 Å². The number of aromatic nitrogens is 4. The van der Waals surface area contributed by atoms with Gasteiger partial charge in [0.25, 0.3) is 5.91 Å². The van der Waals surface area contributed by atoms with Crippen LogP contribution in [0, 0.1) is 0 Å². The second-order valence-corrected chi connectivity index (χ2v) is 10.1. The van der Waals surface area contributed by atoms with E-state index in [4.69, 9.17) is 0 Å². The van der Waals surface area contributed by atoms with Crippen molar-refractivity contribution in [3.63, 3.8) is 0 Å². The van der Waals surface area contributed by atoms with Gasteiger partial charge < -0.3 is 4.90 Å². The molecule has 32 heavy (non-hydrogen) atoms. The Labute approximate surface area is 186 Å². The monoisotopic (exact) mass is 452 g/mol. The molecular formula is C22H24N6O3S. The minimum atomic E-state index is -3.57. The fourth-order valence-electron chi connectivity index (χ4n) is 4.37. The smallest absolute Gasteiger partial charge is 0.253 e. The maximum Gasteiger partial charge on any atom is 0.253 e. The minimum absolute atomic E-state index is 0.112. The summed E-state index contributed by atoms with van der Waals surface area (Å²) in [5.74, 6) is -0.112. The van der Waals surface area contributed by atoms with Gasteiger partial charge >= 0.3 is 0 Å². The van der Waals surface area contributed by atoms with Gasteiger partial charge in [-0.05, 0) is 83.6 Å². The Hall–Kier alpha value is -3.11. The van der Waals surface area contributed by atoms with Crippen LogP contribution < -0.4 is 0 Å². The number of fused-ring (bicyclic) bond motifs is 1. The first-order valence-electron chi connectivity index (χ1n) is 10.8. The predicted molar refractivity (Wildman–Crippen MR) is 117 cm³/mol. The maximum atomic E-state index is 13.2. The molecule has 2 aliphatic rings. The molecule has 0 atom stereocenters. The van der Waals surface area contributed by atoms with Crippen LogP contribution in [0.25, 0.3) is 5.69 Å². The number of amides is 1. The highest BCUT2D eigenvalue weighted by molar-refractivity contribution is 7.89. The average Bonchev–Trinajstić information content (AvgIpc) is 3.38. The van der Waals surface area contributed by atoms with E-state index in [-0.39, 0.29) is 19.0 Å². The van der Waals surface area contributed by atoms with Gasteiger partial charge in [0.15, 0.2) is 0 Å². The molecule has 0 saturated carbocycles. The Bertz CT molecular complexity index is 1220. The molecule has 0 unspecified atom stereocenters. The number of rotatable bonds is 4. The molecule has 3 aromatic rings. The number of nitrogens with zero attached hydrogens (tertiary/aromatic N) is 6. The number of carbonyl (C=O) groups is 1. The molecule has 0 spiro atoms. The van der Waals surface area contributed by atoms with Gasteiger partial charge in [0, 0.05) is 31.7 Å². The second kappa shape index (κ2) is 8.44. The van der Waals surface area contributed by atoms with Gasteiger partial charge in [0.1, 0.15) is 6.33 Å². The fourth-order valence-corrected chi connectivity index (χ4v) is 5.84. The summed E-state index contributed by atoms with van der Waals surface area (Å²) < 4.78 is 29.3. The van der Waals surface area contributed by atoms with Crippen molar-refractivity contribution in [3.8, 4) is 5.69 Å². The van der Waals surface area contributed by atoms with Gasteiger partial charge in [0.05, 0.1) is 10.6 Å². The van der Waals surface area contributed by atoms with Crippen molar-refractivity contribution < 1.29 is 13.2 Å². The highest BCUT2D eigenvalue weighted by atomic mass is 32.2. The van der Waals surface area contributed by atoms with Gasteiger partial charge in [-0.2, -0.15) is 4.31 Å². The lowest BCUT2D eigenvalue weighted by atomic mass is 9.92. The summed E-state index contributed by atoms with van der Waals surface area (Å²) in [6.45, 7) is 1.29. The Kier molecular flexibility index (Phi) is 5.48. The first-order chi connectivity index (χ1) is 15.5. The zero-order valence-corrected chi connectivity index (χ0v) is 18.4. The van der Waals surface area contributed by atoms with Crippen LogP contribution in [-0.2, 0) is 22.9 Å². The van der Waals surface area contributed by atoms with Gasteiger partial charge in [-0.3, -0.25) is 4.79 Å². The highest BCUT2D eigenvalue weighted by Crippen LogP contribution is 2.26. The van der Waals surface area contributed by atoms with Gasteiger partial charge in [-0.25, -0.2) is 13.1 Å². The number of tetrazole rings is 1. The minimum Gasteiger partial charge on any atom is -0.336 e. The lowest BCUT2D eigenvalue weighted by Gasteiger charge is -2.34. The van der Waals surface area contributed by atoms with E-state index in [1.807, 2.05) is 12.1 Å². The third-order valence-electron chi connectivity index (χ3n) is 6.21. The van der Waals surface area contributed by atoms with E-state index >= 15 is 0 Å². The molecule has 2 aromatic carbocycles. The molecule has 9 nitrogen and oxygen atoms in total. The number of hydrogen-bond acceptors (Lipinski definition) is 6. The standard InChI is InChI=1S/C22H24N6O3S/c29-22(18-5-8-20(9-6-18)28-16-23-24-25-28)26-11-13-27(14-12-26)32(30,31)21-10-7-17-3-1-2-4-19(17)15-21/h5-10,15-16H,1-4,11-14H2. The molecule has 0 radical (unpaired) electrons. The van der Waals surface area contributed by atoms with Crippen molar-refractivity contribution >= 4 is 15.9 Å². The van der Waals surface area contributed by atoms with Crippen LogP contribution in [0.1, 0.15) is 34.3 Å². The van der Waals surface area contributed by atoms with Crippen molar-refractivity contribution in [2.24, 2.45) is 0 Å². The number of sulfonamides is 1. The van der Waals surface area contributed by atoms with E-state index in [1.165, 1.54) is 20.9 Å². The van der Waals surface area contributed by atoms with Gasteiger partial charge in [-0.15, -0.1) is 5.10 Å². The molecule has 1 aromatic heterocycles. The predicted octanol–water partition coefficient (Wildman–Crippen LogP) is 1.69. The molecule has 5 rings (SSSR count). The normalized spacial score (nSPS) is 17.2. The summed E-state index contributed by atoms with van der Waals surface area (Å²) in [6, 6.07) is 12.5. The van der Waals surface area contributed by atoms with Crippen molar-refractivity contribution in [1.29, 1.82) is 0 Å². The summed E-state index contributed by atoms with van der Waals surface area (Å²) in [7, 11) is -3.57. The van der Waals surface area contributed by atoms with Crippen molar-refractivity contribution in [3.05, 3.63) is 65.5 Å². The maximum absolute atomic E-state index is 13.2. The summed E-state index contributed by atoms with van der Waals surface area (Å²) in [5.41, 5.74) is 3.72. The summed E-state index contributed by atoms with van der Waals surface area (Å²) in [5, 5.41) is 11.0. The number of hydrogen-bond donors (Lipinski definition) is 0. The Morgan fingerprint density at radius 1 is 0.875 bits per heavy atom. The molecule has 0 bridgehead atoms. The van der Waals surface area contributed by atoms with Crippen molar-refractivity contribution in [1.82, 2.24) is 29.4 Å². The Balaban J connectivity index is 1.25. The van der Waals surface area contributed by atoms with Crippen LogP contribution in [0.5, 0.6) is 0 Å². The summed E-state index contributed by atoms with van der Waals surface area (Å²) in [4.78, 5) is 15.0. The topological polar surface area (TPSA) is 101 Å². The molecular weight excluding hydrogens is 428 g/mol. The van der Waals surface area contributed by atoms with Crippen LogP contribution in [0.3, 0.4) is 0 Å². The van der Waals surface area contributed by atoms with Crippen LogP contribution in [0.4, 0.5) is 0 Å². The molecule has 166 valence electrons. The van der Waals surface area contributed by atoms with Gasteiger partial charge in [-0.1, -0.05) is 6.07 Å². The third-order valence-corrected chi connectivity index (χ3v) is 8.11. The van der Waals surface area contributed by atoms with Gasteiger partial charge in [0.2, 0.25) is 10.0 Å². The number of aryl methyl sites for hydroxylation is 2.